The number of carbonyl (C=O) groups excluding carboxylic acids is 2. The summed E-state index contributed by atoms with van der Waals surface area (Å²) in [6, 6.07) is 18.4. The molecule has 8 nitrogen and oxygen atoms in total. The highest BCUT2D eigenvalue weighted by Gasteiger charge is 1.99. The summed E-state index contributed by atoms with van der Waals surface area (Å²) < 4.78 is 9.15. The normalized spacial score (nSPS) is 9.08. The number of carbonyl (C=O) groups is 2. The number of hydrogen-bond donors (Lipinski definition) is 4. The second kappa shape index (κ2) is 11.5. The van der Waals surface area contributed by atoms with Crippen LogP contribution in [0.4, 0.5) is 9.59 Å². The summed E-state index contributed by atoms with van der Waals surface area (Å²) in [6.45, 7) is 0.320. The van der Waals surface area contributed by atoms with E-state index in [0.717, 1.165) is 11.1 Å². The van der Waals surface area contributed by atoms with E-state index in [-0.39, 0.29) is 13.2 Å². The lowest BCUT2D eigenvalue weighted by molar-refractivity contribution is 0.0840. The summed E-state index contributed by atoms with van der Waals surface area (Å²) in [6.07, 6.45) is -1.70. The van der Waals surface area contributed by atoms with E-state index < -0.39 is 12.2 Å². The molecule has 0 aromatic heterocycles. The van der Waals surface area contributed by atoms with E-state index in [1.807, 2.05) is 60.7 Å². The smallest absolute Gasteiger partial charge is 0.431 e. The number of hydroxylamine groups is 2. The van der Waals surface area contributed by atoms with Crippen molar-refractivity contribution in [2.45, 2.75) is 13.2 Å². The third-order valence-electron chi connectivity index (χ3n) is 2.61. The number of benzene rings is 2. The van der Waals surface area contributed by atoms with Crippen LogP contribution in [-0.2, 0) is 22.7 Å². The van der Waals surface area contributed by atoms with E-state index in [9.17, 15) is 9.59 Å². The molecular formula is C16H18N2O6. The van der Waals surface area contributed by atoms with Gasteiger partial charge in [0.2, 0.25) is 0 Å². The Morgan fingerprint density at radius 3 is 1.33 bits per heavy atom. The Bertz CT molecular complexity index is 551. The Hall–Kier alpha value is -3.10. The molecule has 0 spiro atoms. The topological polar surface area (TPSA) is 117 Å². The molecule has 0 atom stereocenters. The monoisotopic (exact) mass is 334 g/mol. The number of amides is 2. The zero-order valence-corrected chi connectivity index (χ0v) is 12.7. The quantitative estimate of drug-likeness (QED) is 0.504. The Morgan fingerprint density at radius 2 is 1.04 bits per heavy atom. The van der Waals surface area contributed by atoms with Gasteiger partial charge in [-0.1, -0.05) is 60.7 Å². The van der Waals surface area contributed by atoms with Crippen LogP contribution in [0.2, 0.25) is 0 Å². The summed E-state index contributed by atoms with van der Waals surface area (Å²) in [4.78, 5) is 20.8. The SMILES string of the molecule is O=C(NO)OCc1ccccc1.O=C(NO)OCc1ccccc1. The average molecular weight is 334 g/mol. The van der Waals surface area contributed by atoms with Crippen LogP contribution in [0.3, 0.4) is 0 Å². The lowest BCUT2D eigenvalue weighted by Gasteiger charge is -2.01. The molecule has 0 aliphatic rings. The molecule has 2 rings (SSSR count). The second-order valence-corrected chi connectivity index (χ2v) is 4.35. The maximum absolute atomic E-state index is 10.4. The highest BCUT2D eigenvalue weighted by molar-refractivity contribution is 5.65. The lowest BCUT2D eigenvalue weighted by Crippen LogP contribution is -2.19. The minimum atomic E-state index is -0.848. The first kappa shape index (κ1) is 18.9. The van der Waals surface area contributed by atoms with Gasteiger partial charge in [-0.15, -0.1) is 0 Å². The molecule has 8 heteroatoms. The van der Waals surface area contributed by atoms with Gasteiger partial charge in [-0.3, -0.25) is 10.4 Å². The van der Waals surface area contributed by atoms with Crippen molar-refractivity contribution in [3.8, 4) is 0 Å². The molecule has 2 aromatic carbocycles. The molecule has 0 aliphatic heterocycles. The molecule has 0 saturated heterocycles. The number of ether oxygens (including phenoxy) is 2. The molecule has 128 valence electrons. The number of hydrogen-bond acceptors (Lipinski definition) is 6. The molecule has 0 heterocycles. The fourth-order valence-corrected chi connectivity index (χ4v) is 1.51. The molecule has 0 unspecified atom stereocenters. The van der Waals surface area contributed by atoms with E-state index in [1.165, 1.54) is 11.0 Å². The molecule has 0 radical (unpaired) electrons. The molecule has 0 fully saturated rings. The summed E-state index contributed by atoms with van der Waals surface area (Å²) in [5, 5.41) is 16.2. The third-order valence-corrected chi connectivity index (χ3v) is 2.61. The van der Waals surface area contributed by atoms with Crippen LogP contribution in [-0.4, -0.2) is 22.6 Å². The highest BCUT2D eigenvalue weighted by Crippen LogP contribution is 2.00. The summed E-state index contributed by atoms with van der Waals surface area (Å²) >= 11 is 0. The van der Waals surface area contributed by atoms with E-state index in [0.29, 0.717) is 0 Å². The second-order valence-electron chi connectivity index (χ2n) is 4.35. The molecule has 0 saturated carbocycles. The van der Waals surface area contributed by atoms with Gasteiger partial charge in [0.15, 0.2) is 0 Å². The van der Waals surface area contributed by atoms with Gasteiger partial charge in [-0.05, 0) is 11.1 Å². The predicted molar refractivity (Wildman–Crippen MR) is 83.1 cm³/mol. The lowest BCUT2D eigenvalue weighted by atomic mass is 10.2. The first-order valence-electron chi connectivity index (χ1n) is 6.87. The molecule has 0 aliphatic carbocycles. The van der Waals surface area contributed by atoms with Crippen LogP contribution in [0.1, 0.15) is 11.1 Å². The van der Waals surface area contributed by atoms with Crippen molar-refractivity contribution in [2.24, 2.45) is 0 Å². The molecule has 0 bridgehead atoms. The van der Waals surface area contributed by atoms with E-state index in [2.05, 4.69) is 9.47 Å². The summed E-state index contributed by atoms with van der Waals surface area (Å²) in [5.74, 6) is 0. The summed E-state index contributed by atoms with van der Waals surface area (Å²) in [5.41, 5.74) is 4.50. The van der Waals surface area contributed by atoms with E-state index in [1.54, 1.807) is 0 Å². The Morgan fingerprint density at radius 1 is 0.708 bits per heavy atom. The van der Waals surface area contributed by atoms with Crippen molar-refractivity contribution >= 4 is 12.2 Å². The minimum absolute atomic E-state index is 0.160. The standard InChI is InChI=1S/2C8H9NO3/c2*10-8(9-11)12-6-7-4-2-1-3-5-7/h2*1-5,11H,6H2,(H,9,10). The van der Waals surface area contributed by atoms with Gasteiger partial charge in [0.25, 0.3) is 0 Å². The molecule has 4 N–H and O–H groups in total. The fraction of sp³-hybridized carbons (Fsp3) is 0.125. The van der Waals surface area contributed by atoms with Gasteiger partial charge in [-0.2, -0.15) is 0 Å². The highest BCUT2D eigenvalue weighted by atomic mass is 16.6. The summed E-state index contributed by atoms with van der Waals surface area (Å²) in [7, 11) is 0. The van der Waals surface area contributed by atoms with Gasteiger partial charge in [-0.25, -0.2) is 20.5 Å². The van der Waals surface area contributed by atoms with Crippen LogP contribution in [0.5, 0.6) is 0 Å². The fourth-order valence-electron chi connectivity index (χ4n) is 1.51. The zero-order valence-electron chi connectivity index (χ0n) is 12.7. The van der Waals surface area contributed by atoms with E-state index >= 15 is 0 Å². The van der Waals surface area contributed by atoms with Gasteiger partial charge in [0, 0.05) is 0 Å². The Kier molecular flexibility index (Phi) is 9.05. The molecule has 2 amide bonds. The van der Waals surface area contributed by atoms with Crippen molar-refractivity contribution in [3.63, 3.8) is 0 Å². The predicted octanol–water partition coefficient (Wildman–Crippen LogP) is 2.60. The molecular weight excluding hydrogens is 316 g/mol. The number of nitrogens with one attached hydrogen (secondary N) is 2. The Balaban J connectivity index is 0.000000240. The average Bonchev–Trinajstić information content (AvgIpc) is 2.66. The first-order valence-corrected chi connectivity index (χ1v) is 6.87. The van der Waals surface area contributed by atoms with Crippen molar-refractivity contribution in [3.05, 3.63) is 71.8 Å². The number of rotatable bonds is 4. The van der Waals surface area contributed by atoms with Gasteiger partial charge in [0.05, 0.1) is 0 Å². The van der Waals surface area contributed by atoms with E-state index in [4.69, 9.17) is 10.4 Å². The van der Waals surface area contributed by atoms with Crippen molar-refractivity contribution < 1.29 is 29.5 Å². The van der Waals surface area contributed by atoms with Crippen LogP contribution >= 0.6 is 0 Å². The first-order chi connectivity index (χ1) is 11.7. The van der Waals surface area contributed by atoms with Crippen molar-refractivity contribution in [1.29, 1.82) is 0 Å². The zero-order chi connectivity index (χ0) is 17.6. The molecule has 24 heavy (non-hydrogen) atoms. The van der Waals surface area contributed by atoms with Crippen LogP contribution in [0.15, 0.2) is 60.7 Å². The minimum Gasteiger partial charge on any atom is -0.443 e. The largest absolute Gasteiger partial charge is 0.443 e. The van der Waals surface area contributed by atoms with Gasteiger partial charge < -0.3 is 9.47 Å². The molecule has 2 aromatic rings. The van der Waals surface area contributed by atoms with Crippen LogP contribution in [0.25, 0.3) is 0 Å². The maximum atomic E-state index is 10.4. The Labute approximate surface area is 138 Å². The van der Waals surface area contributed by atoms with Crippen molar-refractivity contribution in [2.75, 3.05) is 0 Å². The van der Waals surface area contributed by atoms with Gasteiger partial charge in [0.1, 0.15) is 13.2 Å². The third kappa shape index (κ3) is 8.37. The van der Waals surface area contributed by atoms with Crippen molar-refractivity contribution in [1.82, 2.24) is 11.0 Å². The maximum Gasteiger partial charge on any atom is 0.431 e. The van der Waals surface area contributed by atoms with Crippen LogP contribution in [0, 0.1) is 0 Å². The van der Waals surface area contributed by atoms with Crippen LogP contribution < -0.4 is 11.0 Å². The van der Waals surface area contributed by atoms with Gasteiger partial charge >= 0.3 is 12.2 Å².